The van der Waals surface area contributed by atoms with E-state index in [4.69, 9.17) is 21.2 Å². The Morgan fingerprint density at radius 2 is 1.78 bits per heavy atom. The number of rotatable bonds is 7. The van der Waals surface area contributed by atoms with Crippen LogP contribution in [0.2, 0.25) is 5.02 Å². The molecule has 4 aromatic rings. The van der Waals surface area contributed by atoms with Crippen molar-refractivity contribution < 1.29 is 27.6 Å². The Bertz CT molecular complexity index is 1420. The van der Waals surface area contributed by atoms with Crippen LogP contribution in [0.1, 0.15) is 16.7 Å². The average Bonchev–Trinajstić information content (AvgIpc) is 3.28. The molecular formula is C26H21ClF3N3O3. The minimum atomic E-state index is -4.47. The van der Waals surface area contributed by atoms with Gasteiger partial charge in [-0.25, -0.2) is 0 Å². The maximum absolute atomic E-state index is 13.5. The number of halogens is 4. The zero-order valence-corrected chi connectivity index (χ0v) is 20.1. The summed E-state index contributed by atoms with van der Waals surface area (Å²) >= 11 is 6.43. The van der Waals surface area contributed by atoms with Crippen LogP contribution >= 0.6 is 11.6 Å². The highest BCUT2D eigenvalue weighted by Gasteiger charge is 2.33. The Labute approximate surface area is 209 Å². The van der Waals surface area contributed by atoms with E-state index in [1.807, 2.05) is 0 Å². The van der Waals surface area contributed by atoms with E-state index in [0.29, 0.717) is 33.8 Å². The van der Waals surface area contributed by atoms with Crippen molar-refractivity contribution in [3.8, 4) is 34.0 Å². The third-order valence-corrected chi connectivity index (χ3v) is 5.87. The molecular weight excluding hydrogens is 495 g/mol. The second kappa shape index (κ2) is 10.1. The number of benzene rings is 3. The van der Waals surface area contributed by atoms with Gasteiger partial charge in [0.1, 0.15) is 0 Å². The Morgan fingerprint density at radius 3 is 2.44 bits per heavy atom. The molecule has 1 heterocycles. The lowest BCUT2D eigenvalue weighted by Gasteiger charge is -2.15. The van der Waals surface area contributed by atoms with Crippen LogP contribution in [0.4, 0.5) is 13.2 Å². The van der Waals surface area contributed by atoms with E-state index in [0.717, 1.165) is 11.6 Å². The standard InChI is InChI=1S/C26H21ClF3N3O3/c1-15-11-17(8-10-18(15)19-5-3-4-6-21(19)26(28,29)30)25-31-24(32-36-25)20-9-7-16(12-22(20)27)13-33(2)14-23(34)35/h3-12H,13-14H2,1-2H3,(H,34,35). The number of carboxylic acid groups (broad SMARTS) is 1. The lowest BCUT2D eigenvalue weighted by molar-refractivity contribution is -0.138. The van der Waals surface area contributed by atoms with Gasteiger partial charge in [-0.15, -0.1) is 0 Å². The molecule has 0 spiro atoms. The number of aliphatic carboxylic acids is 1. The van der Waals surface area contributed by atoms with Crippen LogP contribution in [0.25, 0.3) is 34.0 Å². The lowest BCUT2D eigenvalue weighted by Crippen LogP contribution is -2.25. The second-order valence-electron chi connectivity index (χ2n) is 8.38. The highest BCUT2D eigenvalue weighted by Crippen LogP contribution is 2.39. The van der Waals surface area contributed by atoms with Crippen LogP contribution in [0.5, 0.6) is 0 Å². The molecule has 0 aliphatic carbocycles. The van der Waals surface area contributed by atoms with Gasteiger partial charge >= 0.3 is 12.1 Å². The number of nitrogens with zero attached hydrogens (tertiary/aromatic N) is 3. The molecule has 0 amide bonds. The first-order valence-corrected chi connectivity index (χ1v) is 11.2. The highest BCUT2D eigenvalue weighted by atomic mass is 35.5. The van der Waals surface area contributed by atoms with Gasteiger partial charge in [0.2, 0.25) is 5.82 Å². The molecule has 0 radical (unpaired) electrons. The summed E-state index contributed by atoms with van der Waals surface area (Å²) in [6.45, 7) is 2.01. The normalized spacial score (nSPS) is 11.8. The molecule has 3 aromatic carbocycles. The number of aromatic nitrogens is 2. The summed E-state index contributed by atoms with van der Waals surface area (Å²) in [5.41, 5.74) is 2.39. The zero-order chi connectivity index (χ0) is 26.0. The third kappa shape index (κ3) is 5.58. The van der Waals surface area contributed by atoms with Crippen molar-refractivity contribution in [2.75, 3.05) is 13.6 Å². The molecule has 1 N–H and O–H groups in total. The quantitative estimate of drug-likeness (QED) is 0.300. The monoisotopic (exact) mass is 515 g/mol. The van der Waals surface area contributed by atoms with E-state index < -0.39 is 17.7 Å². The van der Waals surface area contributed by atoms with Crippen LogP contribution in [0.3, 0.4) is 0 Å². The van der Waals surface area contributed by atoms with Crippen molar-refractivity contribution in [3.63, 3.8) is 0 Å². The SMILES string of the molecule is Cc1cc(-c2nc(-c3ccc(CN(C)CC(=O)O)cc3Cl)no2)ccc1-c1ccccc1C(F)(F)F. The number of alkyl halides is 3. The number of carboxylic acids is 1. The summed E-state index contributed by atoms with van der Waals surface area (Å²) in [6, 6.07) is 15.6. The van der Waals surface area contributed by atoms with E-state index in [1.165, 1.54) is 12.1 Å². The minimum absolute atomic E-state index is 0.0983. The van der Waals surface area contributed by atoms with Gasteiger partial charge in [0, 0.05) is 17.7 Å². The largest absolute Gasteiger partial charge is 0.480 e. The van der Waals surface area contributed by atoms with Gasteiger partial charge in [-0.2, -0.15) is 18.2 Å². The zero-order valence-electron chi connectivity index (χ0n) is 19.3. The minimum Gasteiger partial charge on any atom is -0.480 e. The predicted octanol–water partition coefficient (Wildman–Crippen LogP) is 6.57. The van der Waals surface area contributed by atoms with Crippen molar-refractivity contribution in [1.82, 2.24) is 15.0 Å². The van der Waals surface area contributed by atoms with Crippen molar-refractivity contribution in [2.24, 2.45) is 0 Å². The summed E-state index contributed by atoms with van der Waals surface area (Å²) in [5.74, 6) is -0.470. The van der Waals surface area contributed by atoms with E-state index in [9.17, 15) is 18.0 Å². The Kier molecular flexibility index (Phi) is 7.14. The molecule has 4 rings (SSSR count). The van der Waals surface area contributed by atoms with Gasteiger partial charge in [-0.3, -0.25) is 9.69 Å². The Hall–Kier alpha value is -3.69. The number of likely N-dealkylation sites (N-methyl/N-ethyl adjacent to an activating group) is 1. The molecule has 0 unspecified atom stereocenters. The maximum Gasteiger partial charge on any atom is 0.417 e. The molecule has 1 aromatic heterocycles. The Morgan fingerprint density at radius 1 is 1.06 bits per heavy atom. The molecule has 36 heavy (non-hydrogen) atoms. The molecule has 0 saturated carbocycles. The predicted molar refractivity (Wildman–Crippen MR) is 129 cm³/mol. The molecule has 6 nitrogen and oxygen atoms in total. The Balaban J connectivity index is 1.59. The van der Waals surface area contributed by atoms with Gasteiger partial charge in [0.05, 0.1) is 17.1 Å². The molecule has 0 aliphatic rings. The second-order valence-corrected chi connectivity index (χ2v) is 8.78. The fourth-order valence-corrected chi connectivity index (χ4v) is 4.24. The first-order valence-electron chi connectivity index (χ1n) is 10.8. The van der Waals surface area contributed by atoms with Crippen LogP contribution < -0.4 is 0 Å². The van der Waals surface area contributed by atoms with E-state index >= 15 is 0 Å². The lowest BCUT2D eigenvalue weighted by atomic mass is 9.94. The first-order chi connectivity index (χ1) is 17.0. The summed E-state index contributed by atoms with van der Waals surface area (Å²) in [7, 11) is 1.69. The van der Waals surface area contributed by atoms with Crippen molar-refractivity contribution in [3.05, 3.63) is 82.4 Å². The van der Waals surface area contributed by atoms with Crippen LogP contribution in [0, 0.1) is 6.92 Å². The van der Waals surface area contributed by atoms with Gasteiger partial charge in [0.15, 0.2) is 0 Å². The van der Waals surface area contributed by atoms with Crippen molar-refractivity contribution in [2.45, 2.75) is 19.6 Å². The van der Waals surface area contributed by atoms with Gasteiger partial charge in [-0.05, 0) is 66.6 Å². The van der Waals surface area contributed by atoms with Gasteiger partial charge < -0.3 is 9.63 Å². The van der Waals surface area contributed by atoms with Crippen molar-refractivity contribution >= 4 is 17.6 Å². The third-order valence-electron chi connectivity index (χ3n) is 5.55. The van der Waals surface area contributed by atoms with Gasteiger partial charge in [-0.1, -0.05) is 47.1 Å². The summed E-state index contributed by atoms with van der Waals surface area (Å²) in [4.78, 5) is 16.9. The van der Waals surface area contributed by atoms with E-state index in [1.54, 1.807) is 61.3 Å². The molecule has 10 heteroatoms. The molecule has 0 saturated heterocycles. The summed E-state index contributed by atoms with van der Waals surface area (Å²) in [5, 5.41) is 13.3. The summed E-state index contributed by atoms with van der Waals surface area (Å²) in [6.07, 6.45) is -4.47. The highest BCUT2D eigenvalue weighted by molar-refractivity contribution is 6.33. The molecule has 0 bridgehead atoms. The molecule has 0 atom stereocenters. The number of aryl methyl sites for hydroxylation is 1. The molecule has 186 valence electrons. The number of hydrogen-bond acceptors (Lipinski definition) is 5. The number of hydrogen-bond donors (Lipinski definition) is 1. The fourth-order valence-electron chi connectivity index (χ4n) is 3.95. The maximum atomic E-state index is 13.5. The topological polar surface area (TPSA) is 79.5 Å². The number of carbonyl (C=O) groups is 1. The van der Waals surface area contributed by atoms with E-state index in [2.05, 4.69) is 10.1 Å². The van der Waals surface area contributed by atoms with Crippen LogP contribution in [-0.2, 0) is 17.5 Å². The molecule has 0 fully saturated rings. The van der Waals surface area contributed by atoms with Crippen LogP contribution in [0.15, 0.2) is 65.2 Å². The van der Waals surface area contributed by atoms with Crippen molar-refractivity contribution in [1.29, 1.82) is 0 Å². The fraction of sp³-hybridized carbons (Fsp3) is 0.192. The first kappa shape index (κ1) is 25.4. The molecule has 0 aliphatic heterocycles. The smallest absolute Gasteiger partial charge is 0.417 e. The average molecular weight is 516 g/mol. The van der Waals surface area contributed by atoms with E-state index in [-0.39, 0.29) is 23.8 Å². The van der Waals surface area contributed by atoms with Crippen LogP contribution in [-0.4, -0.2) is 39.7 Å². The summed E-state index contributed by atoms with van der Waals surface area (Å²) < 4.78 is 45.8. The van der Waals surface area contributed by atoms with Gasteiger partial charge in [0.25, 0.3) is 5.89 Å².